The zero-order valence-electron chi connectivity index (χ0n) is 24.0. The lowest BCUT2D eigenvalue weighted by Gasteiger charge is -2.28. The van der Waals surface area contributed by atoms with Gasteiger partial charge in [0.1, 0.15) is 19.8 Å². The molecule has 0 bridgehead atoms. The van der Waals surface area contributed by atoms with Crippen LogP contribution < -0.4 is 0 Å². The summed E-state index contributed by atoms with van der Waals surface area (Å²) in [5.41, 5.74) is 4.36. The fourth-order valence-corrected chi connectivity index (χ4v) is 3.71. The number of hydrogen-bond donors (Lipinski definition) is 0. The third-order valence-electron chi connectivity index (χ3n) is 6.35. The third-order valence-corrected chi connectivity index (χ3v) is 6.35. The van der Waals surface area contributed by atoms with Gasteiger partial charge >= 0.3 is 17.9 Å². The minimum Gasteiger partial charge on any atom is -0.461 e. The monoisotopic (exact) mass is 552 g/mol. The molecule has 6 heteroatoms. The molecule has 0 aliphatic rings. The summed E-state index contributed by atoms with van der Waals surface area (Å²) in [6, 6.07) is 32.2. The van der Waals surface area contributed by atoms with E-state index < -0.39 is 23.3 Å². The predicted molar refractivity (Wildman–Crippen MR) is 159 cm³/mol. The van der Waals surface area contributed by atoms with Gasteiger partial charge in [-0.05, 0) is 75.2 Å². The number of ether oxygens (including phenoxy) is 3. The van der Waals surface area contributed by atoms with E-state index in [0.29, 0.717) is 16.7 Å². The van der Waals surface area contributed by atoms with Crippen LogP contribution in [0.1, 0.15) is 54.7 Å². The molecule has 6 nitrogen and oxygen atoms in total. The quantitative estimate of drug-likeness (QED) is 0.162. The lowest BCUT2D eigenvalue weighted by atomic mass is 9.94. The lowest BCUT2D eigenvalue weighted by molar-refractivity contribution is -0.0287. The van der Waals surface area contributed by atoms with Gasteiger partial charge < -0.3 is 14.2 Å². The molecule has 0 amide bonds. The van der Waals surface area contributed by atoms with Crippen LogP contribution >= 0.6 is 0 Å². The van der Waals surface area contributed by atoms with Crippen LogP contribution in [0, 0.1) is 26.2 Å². The van der Waals surface area contributed by atoms with Crippen LogP contribution in [-0.2, 0) is 14.2 Å². The SMILES string of the molecule is CC(COC(=O)c1ccccc1)(COC(=O)c1ccccc1)COC(=O)c1ccccc1.Cc1ccc(C)c(C)c1. The maximum atomic E-state index is 12.4. The first-order chi connectivity index (χ1) is 19.7. The van der Waals surface area contributed by atoms with Gasteiger partial charge in [-0.15, -0.1) is 0 Å². The first-order valence-corrected chi connectivity index (χ1v) is 13.4. The Kier molecular flexibility index (Phi) is 11.4. The molecule has 0 saturated heterocycles. The molecule has 4 rings (SSSR count). The molecule has 0 saturated carbocycles. The van der Waals surface area contributed by atoms with Gasteiger partial charge in [-0.1, -0.05) is 78.4 Å². The van der Waals surface area contributed by atoms with Gasteiger partial charge in [-0.25, -0.2) is 14.4 Å². The van der Waals surface area contributed by atoms with Crippen molar-refractivity contribution in [2.45, 2.75) is 27.7 Å². The Morgan fingerprint density at radius 2 is 0.854 bits per heavy atom. The van der Waals surface area contributed by atoms with E-state index in [0.717, 1.165) is 0 Å². The van der Waals surface area contributed by atoms with Crippen molar-refractivity contribution in [3.05, 3.63) is 143 Å². The number of benzene rings is 4. The van der Waals surface area contributed by atoms with Crippen LogP contribution in [-0.4, -0.2) is 37.7 Å². The summed E-state index contributed by atoms with van der Waals surface area (Å²) in [6.45, 7) is 7.80. The molecule has 0 N–H and O–H groups in total. The van der Waals surface area contributed by atoms with Gasteiger partial charge in [-0.2, -0.15) is 0 Å². The molecule has 212 valence electrons. The lowest BCUT2D eigenvalue weighted by Crippen LogP contribution is -2.37. The highest BCUT2D eigenvalue weighted by Gasteiger charge is 2.31. The van der Waals surface area contributed by atoms with E-state index in [4.69, 9.17) is 14.2 Å². The van der Waals surface area contributed by atoms with Crippen LogP contribution in [0.15, 0.2) is 109 Å². The summed E-state index contributed by atoms with van der Waals surface area (Å²) in [4.78, 5) is 37.1. The Morgan fingerprint density at radius 3 is 1.15 bits per heavy atom. The van der Waals surface area contributed by atoms with Crippen molar-refractivity contribution in [3.8, 4) is 0 Å². The van der Waals surface area contributed by atoms with Crippen molar-refractivity contribution in [2.24, 2.45) is 5.41 Å². The van der Waals surface area contributed by atoms with Crippen molar-refractivity contribution >= 4 is 17.9 Å². The summed E-state index contributed by atoms with van der Waals surface area (Å²) in [6.07, 6.45) is 0. The van der Waals surface area contributed by atoms with Crippen molar-refractivity contribution < 1.29 is 28.6 Å². The Bertz CT molecular complexity index is 1280. The van der Waals surface area contributed by atoms with Crippen molar-refractivity contribution in [3.63, 3.8) is 0 Å². The van der Waals surface area contributed by atoms with E-state index >= 15 is 0 Å². The van der Waals surface area contributed by atoms with Crippen molar-refractivity contribution in [2.75, 3.05) is 19.8 Å². The van der Waals surface area contributed by atoms with Gasteiger partial charge in [0, 0.05) is 0 Å². The number of aryl methyl sites for hydroxylation is 3. The van der Waals surface area contributed by atoms with E-state index in [1.807, 2.05) is 0 Å². The molecule has 41 heavy (non-hydrogen) atoms. The predicted octanol–water partition coefficient (Wildman–Crippen LogP) is 7.18. The van der Waals surface area contributed by atoms with Crippen molar-refractivity contribution in [1.29, 1.82) is 0 Å². The molecule has 0 radical (unpaired) electrons. The fourth-order valence-electron chi connectivity index (χ4n) is 3.71. The van der Waals surface area contributed by atoms with Crippen LogP contribution in [0.25, 0.3) is 0 Å². The van der Waals surface area contributed by atoms with E-state index in [2.05, 4.69) is 39.0 Å². The Labute approximate surface area is 241 Å². The summed E-state index contributed by atoms with van der Waals surface area (Å²) >= 11 is 0. The molecule has 0 aliphatic heterocycles. The highest BCUT2D eigenvalue weighted by atomic mass is 16.6. The van der Waals surface area contributed by atoms with Gasteiger partial charge in [0.25, 0.3) is 0 Å². The average molecular weight is 553 g/mol. The Morgan fingerprint density at radius 1 is 0.512 bits per heavy atom. The summed E-state index contributed by atoms with van der Waals surface area (Å²) in [7, 11) is 0. The highest BCUT2D eigenvalue weighted by Crippen LogP contribution is 2.21. The standard InChI is InChI=1S/C26H24O6.C9H12/c1-26(17-30-23(27)20-11-5-2-6-12-20,18-31-24(28)21-13-7-3-8-14-21)19-32-25(29)22-15-9-4-10-16-22;1-7-4-5-8(2)9(3)6-7/h2-16H,17-19H2,1H3;4-6H,1-3H3. The first kappa shape index (κ1) is 30.8. The molecule has 0 atom stereocenters. The number of hydrogen-bond acceptors (Lipinski definition) is 6. The van der Waals surface area contributed by atoms with Crippen LogP contribution in [0.5, 0.6) is 0 Å². The molecule has 0 spiro atoms. The molecule has 4 aromatic rings. The second-order valence-electron chi connectivity index (χ2n) is 10.2. The second kappa shape index (κ2) is 15.2. The van der Waals surface area contributed by atoms with Crippen LogP contribution in [0.2, 0.25) is 0 Å². The maximum absolute atomic E-state index is 12.4. The zero-order chi connectivity index (χ0) is 29.7. The smallest absolute Gasteiger partial charge is 0.338 e. The van der Waals surface area contributed by atoms with Crippen LogP contribution in [0.4, 0.5) is 0 Å². The number of rotatable bonds is 9. The zero-order valence-corrected chi connectivity index (χ0v) is 24.0. The topological polar surface area (TPSA) is 78.9 Å². The molecule has 0 aromatic heterocycles. The Hall–Kier alpha value is -4.71. The summed E-state index contributed by atoms with van der Waals surface area (Å²) < 4.78 is 16.3. The fraction of sp³-hybridized carbons (Fsp3) is 0.229. The van der Waals surface area contributed by atoms with Crippen molar-refractivity contribution in [1.82, 2.24) is 0 Å². The maximum Gasteiger partial charge on any atom is 0.338 e. The minimum atomic E-state index is -0.945. The van der Waals surface area contributed by atoms with Crippen LogP contribution in [0.3, 0.4) is 0 Å². The normalized spacial score (nSPS) is 10.5. The van der Waals surface area contributed by atoms with Gasteiger partial charge in [0.15, 0.2) is 0 Å². The number of esters is 3. The molecule has 0 fully saturated rings. The second-order valence-corrected chi connectivity index (χ2v) is 10.2. The van der Waals surface area contributed by atoms with Gasteiger partial charge in [0.2, 0.25) is 0 Å². The van der Waals surface area contributed by atoms with E-state index in [1.165, 1.54) is 16.7 Å². The average Bonchev–Trinajstić information content (AvgIpc) is 3.01. The molecule has 0 unspecified atom stereocenters. The molecule has 0 heterocycles. The molecular formula is C35H36O6. The minimum absolute atomic E-state index is 0.106. The van der Waals surface area contributed by atoms with Gasteiger partial charge in [0.05, 0.1) is 22.1 Å². The third kappa shape index (κ3) is 10.1. The highest BCUT2D eigenvalue weighted by molar-refractivity contribution is 5.90. The summed E-state index contributed by atoms with van der Waals surface area (Å²) in [5, 5.41) is 0. The van der Waals surface area contributed by atoms with E-state index in [-0.39, 0.29) is 19.8 Å². The first-order valence-electron chi connectivity index (χ1n) is 13.4. The van der Waals surface area contributed by atoms with E-state index in [1.54, 1.807) is 97.9 Å². The number of carbonyl (C=O) groups excluding carboxylic acids is 3. The largest absolute Gasteiger partial charge is 0.461 e. The Balaban J connectivity index is 0.000000436. The summed E-state index contributed by atoms with van der Waals surface area (Å²) in [5.74, 6) is -1.54. The van der Waals surface area contributed by atoms with E-state index in [9.17, 15) is 14.4 Å². The molecule has 0 aliphatic carbocycles. The molecule has 4 aromatic carbocycles. The number of carbonyl (C=O) groups is 3. The van der Waals surface area contributed by atoms with Gasteiger partial charge in [-0.3, -0.25) is 0 Å². The molecular weight excluding hydrogens is 516 g/mol.